The Bertz CT molecular complexity index is 1010. The maximum Gasteiger partial charge on any atom is 0.323 e. The zero-order valence-corrected chi connectivity index (χ0v) is 15.1. The molecule has 7 nitrogen and oxygen atoms in total. The van der Waals surface area contributed by atoms with Crippen LogP contribution < -0.4 is 11.0 Å². The van der Waals surface area contributed by atoms with Gasteiger partial charge in [0, 0.05) is 5.69 Å². The molecule has 2 aromatic carbocycles. The number of anilines is 1. The van der Waals surface area contributed by atoms with Gasteiger partial charge in [-0.1, -0.05) is 37.3 Å². The summed E-state index contributed by atoms with van der Waals surface area (Å²) in [4.78, 5) is 40.9. The van der Waals surface area contributed by atoms with E-state index in [-0.39, 0.29) is 18.0 Å². The summed E-state index contributed by atoms with van der Waals surface area (Å²) in [7, 11) is 0. The number of imidazole rings is 1. The van der Waals surface area contributed by atoms with Crippen molar-refractivity contribution in [3.05, 3.63) is 64.6 Å². The van der Waals surface area contributed by atoms with Crippen molar-refractivity contribution in [3.8, 4) is 0 Å². The van der Waals surface area contributed by atoms with Crippen LogP contribution in [0, 0.1) is 0 Å². The van der Waals surface area contributed by atoms with Crippen LogP contribution in [0.1, 0.15) is 31.7 Å². The lowest BCUT2D eigenvalue weighted by Gasteiger charge is -2.16. The lowest BCUT2D eigenvalue weighted by atomic mass is 9.98. The molecule has 0 aliphatic carbocycles. The van der Waals surface area contributed by atoms with Crippen LogP contribution in [0.5, 0.6) is 0 Å². The normalized spacial score (nSPS) is 13.1. The number of hydrogen-bond acceptors (Lipinski definition) is 4. The van der Waals surface area contributed by atoms with Gasteiger partial charge >= 0.3 is 11.7 Å². The van der Waals surface area contributed by atoms with Gasteiger partial charge in [0.25, 0.3) is 5.91 Å². The Morgan fingerprint density at radius 3 is 2.48 bits per heavy atom. The molecule has 7 heteroatoms. The predicted octanol–water partition coefficient (Wildman–Crippen LogP) is 2.92. The minimum Gasteiger partial charge on any atom is -0.453 e. The maximum atomic E-state index is 12.3. The number of ether oxygens (including phenoxy) is 1. The fourth-order valence-corrected chi connectivity index (χ4v) is 2.80. The molecule has 1 amide bonds. The first-order valence-electron chi connectivity index (χ1n) is 8.69. The van der Waals surface area contributed by atoms with Crippen molar-refractivity contribution >= 4 is 28.6 Å². The monoisotopic (exact) mass is 367 g/mol. The van der Waals surface area contributed by atoms with E-state index in [0.29, 0.717) is 16.7 Å². The molecule has 0 unspecified atom stereocenters. The highest BCUT2D eigenvalue weighted by Crippen LogP contribution is 2.20. The van der Waals surface area contributed by atoms with Crippen LogP contribution in [0.3, 0.4) is 0 Å². The third-order valence-corrected chi connectivity index (χ3v) is 4.30. The summed E-state index contributed by atoms with van der Waals surface area (Å²) in [5, 5.41) is 2.68. The van der Waals surface area contributed by atoms with Crippen LogP contribution in [0.4, 0.5) is 5.69 Å². The molecule has 0 radical (unpaired) electrons. The second kappa shape index (κ2) is 7.90. The van der Waals surface area contributed by atoms with E-state index in [2.05, 4.69) is 15.3 Å². The topological polar surface area (TPSA) is 104 Å². The summed E-state index contributed by atoms with van der Waals surface area (Å²) >= 11 is 0. The van der Waals surface area contributed by atoms with E-state index < -0.39 is 18.0 Å². The maximum absolute atomic E-state index is 12.3. The zero-order chi connectivity index (χ0) is 19.4. The van der Waals surface area contributed by atoms with Gasteiger partial charge in [-0.25, -0.2) is 4.79 Å². The number of aromatic nitrogens is 2. The molecule has 1 heterocycles. The van der Waals surface area contributed by atoms with Gasteiger partial charge in [-0.3, -0.25) is 9.59 Å². The Kier molecular flexibility index (Phi) is 5.40. The van der Waals surface area contributed by atoms with E-state index >= 15 is 0 Å². The zero-order valence-electron chi connectivity index (χ0n) is 15.1. The molecule has 0 aliphatic rings. The van der Waals surface area contributed by atoms with Gasteiger partial charge in [0.15, 0.2) is 6.10 Å². The Hall–Kier alpha value is -3.35. The Balaban J connectivity index is 1.56. The second-order valence-corrected chi connectivity index (χ2v) is 6.48. The van der Waals surface area contributed by atoms with E-state index in [0.717, 1.165) is 5.56 Å². The molecule has 140 valence electrons. The van der Waals surface area contributed by atoms with E-state index in [4.69, 9.17) is 4.74 Å². The SMILES string of the molecule is C[C@H](OC(=O)C[C@H](C)c1ccccc1)C(=O)Nc1ccc2[nH]c(=O)[nH]c2c1. The number of carbonyl (C=O) groups is 2. The lowest BCUT2D eigenvalue weighted by molar-refractivity contribution is -0.153. The fourth-order valence-electron chi connectivity index (χ4n) is 2.80. The van der Waals surface area contributed by atoms with Crippen LogP contribution >= 0.6 is 0 Å². The number of amides is 1. The number of aromatic amines is 2. The quantitative estimate of drug-likeness (QED) is 0.583. The van der Waals surface area contributed by atoms with Crippen LogP contribution in [-0.2, 0) is 14.3 Å². The highest BCUT2D eigenvalue weighted by atomic mass is 16.5. The predicted molar refractivity (Wildman–Crippen MR) is 103 cm³/mol. The molecular formula is C20H21N3O4. The smallest absolute Gasteiger partial charge is 0.323 e. The molecule has 0 bridgehead atoms. The van der Waals surface area contributed by atoms with Crippen molar-refractivity contribution in [1.82, 2.24) is 9.97 Å². The molecule has 1 aromatic heterocycles. The largest absolute Gasteiger partial charge is 0.453 e. The number of fused-ring (bicyclic) bond motifs is 1. The Labute approximate surface area is 155 Å². The summed E-state index contributed by atoms with van der Waals surface area (Å²) in [5.41, 5.74) is 2.46. The van der Waals surface area contributed by atoms with Crippen LogP contribution in [0.25, 0.3) is 11.0 Å². The molecule has 0 saturated heterocycles. The van der Waals surface area contributed by atoms with E-state index in [1.807, 2.05) is 37.3 Å². The van der Waals surface area contributed by atoms with Crippen molar-refractivity contribution in [1.29, 1.82) is 0 Å². The lowest BCUT2D eigenvalue weighted by Crippen LogP contribution is -2.30. The van der Waals surface area contributed by atoms with Gasteiger partial charge in [0.2, 0.25) is 0 Å². The van der Waals surface area contributed by atoms with Crippen molar-refractivity contribution in [2.75, 3.05) is 5.32 Å². The number of esters is 1. The number of nitrogens with one attached hydrogen (secondary N) is 3. The highest BCUT2D eigenvalue weighted by Gasteiger charge is 2.20. The van der Waals surface area contributed by atoms with Crippen LogP contribution in [-0.4, -0.2) is 27.9 Å². The van der Waals surface area contributed by atoms with Gasteiger partial charge < -0.3 is 20.0 Å². The number of carbonyl (C=O) groups excluding carboxylic acids is 2. The van der Waals surface area contributed by atoms with Crippen molar-refractivity contribution < 1.29 is 14.3 Å². The van der Waals surface area contributed by atoms with Gasteiger partial charge in [-0.05, 0) is 36.6 Å². The summed E-state index contributed by atoms with van der Waals surface area (Å²) in [6, 6.07) is 14.6. The molecule has 0 fully saturated rings. The first-order valence-corrected chi connectivity index (χ1v) is 8.69. The van der Waals surface area contributed by atoms with Crippen molar-refractivity contribution in [2.45, 2.75) is 32.3 Å². The Morgan fingerprint density at radius 2 is 1.74 bits per heavy atom. The highest BCUT2D eigenvalue weighted by molar-refractivity contribution is 5.96. The van der Waals surface area contributed by atoms with Crippen molar-refractivity contribution in [2.24, 2.45) is 0 Å². The first kappa shape index (κ1) is 18.4. The minimum atomic E-state index is -0.929. The summed E-state index contributed by atoms with van der Waals surface area (Å²) in [6.45, 7) is 3.46. The number of hydrogen-bond donors (Lipinski definition) is 3. The number of rotatable bonds is 6. The molecule has 3 N–H and O–H groups in total. The first-order chi connectivity index (χ1) is 12.9. The molecule has 0 aliphatic heterocycles. The third kappa shape index (κ3) is 4.63. The average Bonchev–Trinajstić information content (AvgIpc) is 3.01. The summed E-state index contributed by atoms with van der Waals surface area (Å²) in [5.74, 6) is -0.867. The van der Waals surface area contributed by atoms with Crippen molar-refractivity contribution in [3.63, 3.8) is 0 Å². The molecule has 0 spiro atoms. The van der Waals surface area contributed by atoms with Gasteiger partial charge in [-0.2, -0.15) is 0 Å². The van der Waals surface area contributed by atoms with E-state index in [9.17, 15) is 14.4 Å². The fraction of sp³-hybridized carbons (Fsp3) is 0.250. The molecular weight excluding hydrogens is 346 g/mol. The van der Waals surface area contributed by atoms with Crippen LogP contribution in [0.15, 0.2) is 53.3 Å². The van der Waals surface area contributed by atoms with E-state index in [1.54, 1.807) is 18.2 Å². The molecule has 3 aromatic rings. The standard InChI is InChI=1S/C20H21N3O4/c1-12(14-6-4-3-5-7-14)10-18(24)27-13(2)19(25)21-15-8-9-16-17(11-15)23-20(26)22-16/h3-9,11-13H,10H2,1-2H3,(H,21,25)(H2,22,23,26)/t12-,13-/m0/s1. The average molecular weight is 367 g/mol. The Morgan fingerprint density at radius 1 is 1.04 bits per heavy atom. The number of benzene rings is 2. The second-order valence-electron chi connectivity index (χ2n) is 6.48. The summed E-state index contributed by atoms with van der Waals surface area (Å²) < 4.78 is 5.25. The summed E-state index contributed by atoms with van der Waals surface area (Å²) in [6.07, 6.45) is -0.737. The molecule has 2 atom stereocenters. The molecule has 0 saturated carbocycles. The molecule has 3 rings (SSSR count). The van der Waals surface area contributed by atoms with Gasteiger partial charge in [-0.15, -0.1) is 0 Å². The van der Waals surface area contributed by atoms with E-state index in [1.165, 1.54) is 6.92 Å². The molecule has 27 heavy (non-hydrogen) atoms. The minimum absolute atomic E-state index is 0.00165. The van der Waals surface area contributed by atoms with Crippen LogP contribution in [0.2, 0.25) is 0 Å². The van der Waals surface area contributed by atoms with Gasteiger partial charge in [0.05, 0.1) is 17.5 Å². The van der Waals surface area contributed by atoms with Gasteiger partial charge in [0.1, 0.15) is 0 Å². The number of H-pyrrole nitrogens is 2. The third-order valence-electron chi connectivity index (χ3n) is 4.30.